The number of nitrogens with zero attached hydrogens (tertiary/aromatic N) is 1. The number of oxazole rings is 1. The molecule has 1 aliphatic rings. The largest absolute Gasteiger partial charge is 0.436 e. The standard InChI is InChI=1S/C20H20N2O2/c23-19(21-16-9-2-1-3-10-16)14-7-6-8-15(13-14)20-22-17-11-4-5-12-18(17)24-20/h4-8,11-13,16H,1-3,9-10H2,(H,21,23). The van der Waals surface area contributed by atoms with Crippen LogP contribution >= 0.6 is 0 Å². The van der Waals surface area contributed by atoms with E-state index in [1.807, 2.05) is 48.5 Å². The molecule has 0 saturated heterocycles. The highest BCUT2D eigenvalue weighted by Crippen LogP contribution is 2.25. The van der Waals surface area contributed by atoms with Gasteiger partial charge in [-0.1, -0.05) is 37.5 Å². The van der Waals surface area contributed by atoms with Crippen LogP contribution in [0.15, 0.2) is 52.9 Å². The first-order valence-corrected chi connectivity index (χ1v) is 8.56. The van der Waals surface area contributed by atoms with Gasteiger partial charge in [0.1, 0.15) is 5.52 Å². The Morgan fingerprint density at radius 2 is 1.88 bits per heavy atom. The van der Waals surface area contributed by atoms with E-state index in [1.165, 1.54) is 19.3 Å². The molecule has 4 heteroatoms. The Hall–Kier alpha value is -2.62. The van der Waals surface area contributed by atoms with Crippen LogP contribution in [-0.4, -0.2) is 16.9 Å². The van der Waals surface area contributed by atoms with Crippen LogP contribution in [0.4, 0.5) is 0 Å². The van der Waals surface area contributed by atoms with Crippen molar-refractivity contribution in [3.05, 3.63) is 54.1 Å². The van der Waals surface area contributed by atoms with Crippen molar-refractivity contribution in [3.8, 4) is 11.5 Å². The summed E-state index contributed by atoms with van der Waals surface area (Å²) in [6.45, 7) is 0. The molecular weight excluding hydrogens is 300 g/mol. The van der Waals surface area contributed by atoms with Gasteiger partial charge in [-0.3, -0.25) is 4.79 Å². The van der Waals surface area contributed by atoms with E-state index in [9.17, 15) is 4.79 Å². The molecular formula is C20H20N2O2. The number of aromatic nitrogens is 1. The van der Waals surface area contributed by atoms with Crippen LogP contribution in [0, 0.1) is 0 Å². The Morgan fingerprint density at radius 1 is 1.04 bits per heavy atom. The molecule has 4 nitrogen and oxygen atoms in total. The van der Waals surface area contributed by atoms with E-state index in [0.29, 0.717) is 17.5 Å². The summed E-state index contributed by atoms with van der Waals surface area (Å²) in [5, 5.41) is 3.15. The van der Waals surface area contributed by atoms with Crippen LogP contribution in [0.2, 0.25) is 0 Å². The topological polar surface area (TPSA) is 55.1 Å². The lowest BCUT2D eigenvalue weighted by atomic mass is 9.95. The number of amides is 1. The zero-order chi connectivity index (χ0) is 16.4. The number of hydrogen-bond donors (Lipinski definition) is 1. The number of carbonyl (C=O) groups excluding carboxylic acids is 1. The van der Waals surface area contributed by atoms with Crippen molar-refractivity contribution in [1.82, 2.24) is 10.3 Å². The van der Waals surface area contributed by atoms with Crippen LogP contribution < -0.4 is 5.32 Å². The summed E-state index contributed by atoms with van der Waals surface area (Å²) in [7, 11) is 0. The number of rotatable bonds is 3. The summed E-state index contributed by atoms with van der Waals surface area (Å²) < 4.78 is 5.80. The minimum absolute atomic E-state index is 0.0140. The summed E-state index contributed by atoms with van der Waals surface area (Å²) in [4.78, 5) is 17.0. The van der Waals surface area contributed by atoms with E-state index in [0.717, 1.165) is 29.5 Å². The lowest BCUT2D eigenvalue weighted by Gasteiger charge is -2.22. The fourth-order valence-corrected chi connectivity index (χ4v) is 3.30. The smallest absolute Gasteiger partial charge is 0.251 e. The zero-order valence-corrected chi connectivity index (χ0v) is 13.5. The predicted octanol–water partition coefficient (Wildman–Crippen LogP) is 4.56. The molecule has 0 spiro atoms. The fraction of sp³-hybridized carbons (Fsp3) is 0.300. The molecule has 0 radical (unpaired) electrons. The molecule has 0 unspecified atom stereocenters. The van der Waals surface area contributed by atoms with E-state index in [4.69, 9.17) is 4.42 Å². The first-order valence-electron chi connectivity index (χ1n) is 8.56. The van der Waals surface area contributed by atoms with Gasteiger partial charge in [0.25, 0.3) is 5.91 Å². The quantitative estimate of drug-likeness (QED) is 0.770. The molecule has 24 heavy (non-hydrogen) atoms. The van der Waals surface area contributed by atoms with Gasteiger partial charge in [0.15, 0.2) is 5.58 Å². The SMILES string of the molecule is O=C(NC1CCCCC1)c1cccc(-c2nc3ccccc3o2)c1. The van der Waals surface area contributed by atoms with Gasteiger partial charge in [0.2, 0.25) is 5.89 Å². The highest BCUT2D eigenvalue weighted by atomic mass is 16.3. The Labute approximate surface area is 140 Å². The molecule has 1 aliphatic carbocycles. The Bertz CT molecular complexity index is 830. The first kappa shape index (κ1) is 14.9. The molecule has 0 aliphatic heterocycles. The second kappa shape index (κ2) is 6.48. The van der Waals surface area contributed by atoms with E-state index in [1.54, 1.807) is 0 Å². The van der Waals surface area contributed by atoms with Gasteiger partial charge in [-0.2, -0.15) is 0 Å². The van der Waals surface area contributed by atoms with Crippen molar-refractivity contribution in [2.24, 2.45) is 0 Å². The van der Waals surface area contributed by atoms with Crippen molar-refractivity contribution in [2.45, 2.75) is 38.1 Å². The number of fused-ring (bicyclic) bond motifs is 1. The normalized spacial score (nSPS) is 15.5. The molecule has 2 aromatic carbocycles. The molecule has 1 fully saturated rings. The van der Waals surface area contributed by atoms with Crippen molar-refractivity contribution < 1.29 is 9.21 Å². The molecule has 1 N–H and O–H groups in total. The third-order valence-electron chi connectivity index (χ3n) is 4.61. The summed E-state index contributed by atoms with van der Waals surface area (Å²) >= 11 is 0. The molecule has 1 heterocycles. The van der Waals surface area contributed by atoms with Crippen molar-refractivity contribution in [3.63, 3.8) is 0 Å². The summed E-state index contributed by atoms with van der Waals surface area (Å²) in [5.41, 5.74) is 3.05. The van der Waals surface area contributed by atoms with Crippen molar-refractivity contribution in [1.29, 1.82) is 0 Å². The average molecular weight is 320 g/mol. The molecule has 1 amide bonds. The van der Waals surface area contributed by atoms with Crippen LogP contribution in [0.5, 0.6) is 0 Å². The van der Waals surface area contributed by atoms with Crippen molar-refractivity contribution in [2.75, 3.05) is 0 Å². The maximum Gasteiger partial charge on any atom is 0.251 e. The highest BCUT2D eigenvalue weighted by molar-refractivity contribution is 5.95. The van der Waals surface area contributed by atoms with Crippen LogP contribution in [0.25, 0.3) is 22.6 Å². The third kappa shape index (κ3) is 3.04. The number of para-hydroxylation sites is 2. The molecule has 1 saturated carbocycles. The minimum Gasteiger partial charge on any atom is -0.436 e. The molecule has 0 bridgehead atoms. The first-order chi connectivity index (χ1) is 11.8. The number of benzene rings is 2. The van der Waals surface area contributed by atoms with Crippen LogP contribution in [0.3, 0.4) is 0 Å². The lowest BCUT2D eigenvalue weighted by molar-refractivity contribution is 0.0928. The number of carbonyl (C=O) groups is 1. The van der Waals surface area contributed by atoms with Gasteiger partial charge in [-0.25, -0.2) is 4.98 Å². The van der Waals surface area contributed by atoms with E-state index in [2.05, 4.69) is 10.3 Å². The number of nitrogens with one attached hydrogen (secondary N) is 1. The summed E-state index contributed by atoms with van der Waals surface area (Å²) in [6.07, 6.45) is 5.84. The molecule has 1 aromatic heterocycles. The predicted molar refractivity (Wildman–Crippen MR) is 93.8 cm³/mol. The maximum atomic E-state index is 12.5. The third-order valence-corrected chi connectivity index (χ3v) is 4.61. The fourth-order valence-electron chi connectivity index (χ4n) is 3.30. The Balaban J connectivity index is 1.57. The van der Waals surface area contributed by atoms with E-state index in [-0.39, 0.29) is 5.91 Å². The second-order valence-corrected chi connectivity index (χ2v) is 6.38. The van der Waals surface area contributed by atoms with Crippen LogP contribution in [0.1, 0.15) is 42.5 Å². The molecule has 4 rings (SSSR count). The Kier molecular flexibility index (Phi) is 4.03. The summed E-state index contributed by atoms with van der Waals surface area (Å²) in [6, 6.07) is 15.5. The summed E-state index contributed by atoms with van der Waals surface area (Å²) in [5.74, 6) is 0.531. The van der Waals surface area contributed by atoms with Crippen LogP contribution in [-0.2, 0) is 0 Å². The van der Waals surface area contributed by atoms with Gasteiger partial charge in [0.05, 0.1) is 0 Å². The molecule has 122 valence electrons. The maximum absolute atomic E-state index is 12.5. The monoisotopic (exact) mass is 320 g/mol. The van der Waals surface area contributed by atoms with Gasteiger partial charge >= 0.3 is 0 Å². The van der Waals surface area contributed by atoms with E-state index >= 15 is 0 Å². The van der Waals surface area contributed by atoms with Gasteiger partial charge in [0, 0.05) is 17.2 Å². The minimum atomic E-state index is -0.0140. The molecule has 0 atom stereocenters. The van der Waals surface area contributed by atoms with Gasteiger partial charge < -0.3 is 9.73 Å². The van der Waals surface area contributed by atoms with E-state index < -0.39 is 0 Å². The molecule has 3 aromatic rings. The van der Waals surface area contributed by atoms with Gasteiger partial charge in [-0.05, 0) is 43.2 Å². The highest BCUT2D eigenvalue weighted by Gasteiger charge is 2.17. The van der Waals surface area contributed by atoms with Crippen molar-refractivity contribution >= 4 is 17.0 Å². The second-order valence-electron chi connectivity index (χ2n) is 6.38. The average Bonchev–Trinajstić information content (AvgIpc) is 3.07. The number of hydrogen-bond acceptors (Lipinski definition) is 3. The zero-order valence-electron chi connectivity index (χ0n) is 13.5. The van der Waals surface area contributed by atoms with Gasteiger partial charge in [-0.15, -0.1) is 0 Å². The lowest BCUT2D eigenvalue weighted by Crippen LogP contribution is -2.36. The Morgan fingerprint density at radius 3 is 2.71 bits per heavy atom.